The molecule has 18 heavy (non-hydrogen) atoms. The highest BCUT2D eigenvalue weighted by Gasteiger charge is 2.09. The van der Waals surface area contributed by atoms with Gasteiger partial charge in [-0.05, 0) is 37.3 Å². The Balaban J connectivity index is 2.16. The molecule has 0 spiro atoms. The van der Waals surface area contributed by atoms with Crippen molar-refractivity contribution in [1.82, 2.24) is 0 Å². The van der Waals surface area contributed by atoms with E-state index in [0.29, 0.717) is 16.1 Å². The molecule has 0 aliphatic carbocycles. The third kappa shape index (κ3) is 2.75. The maximum absolute atomic E-state index is 11.9. The Labute approximate surface area is 108 Å². The normalized spacial score (nSPS) is 10.1. The van der Waals surface area contributed by atoms with Crippen molar-refractivity contribution in [1.29, 1.82) is 0 Å². The molecule has 1 aromatic carbocycles. The van der Waals surface area contributed by atoms with Crippen LogP contribution < -0.4 is 11.1 Å². The predicted molar refractivity (Wildman–Crippen MR) is 72.0 cm³/mol. The van der Waals surface area contributed by atoms with Crippen molar-refractivity contribution < 1.29 is 9.59 Å². The van der Waals surface area contributed by atoms with Crippen molar-refractivity contribution in [2.24, 2.45) is 5.73 Å². The average molecular weight is 260 g/mol. The summed E-state index contributed by atoms with van der Waals surface area (Å²) >= 11 is 1.42. The second-order valence-corrected chi connectivity index (χ2v) is 5.10. The van der Waals surface area contributed by atoms with Crippen LogP contribution in [0.1, 0.15) is 24.9 Å². The quantitative estimate of drug-likeness (QED) is 0.889. The van der Waals surface area contributed by atoms with Gasteiger partial charge in [0.1, 0.15) is 0 Å². The lowest BCUT2D eigenvalue weighted by molar-refractivity contribution is 0.0996. The van der Waals surface area contributed by atoms with Crippen LogP contribution in [0, 0.1) is 6.92 Å². The summed E-state index contributed by atoms with van der Waals surface area (Å²) in [5, 5.41) is 2.73. The zero-order valence-corrected chi connectivity index (χ0v) is 10.6. The monoisotopic (exact) mass is 260 g/mol. The van der Waals surface area contributed by atoms with Crippen LogP contribution in [0.4, 0.5) is 5.69 Å². The number of hydrogen-bond acceptors (Lipinski definition) is 3. The number of aryl methyl sites for hydroxylation is 1. The van der Waals surface area contributed by atoms with E-state index in [1.54, 1.807) is 30.3 Å². The second kappa shape index (κ2) is 5.01. The van der Waals surface area contributed by atoms with Crippen LogP contribution in [0.2, 0.25) is 0 Å². The molecule has 2 amide bonds. The predicted octanol–water partition coefficient (Wildman–Crippen LogP) is 2.41. The van der Waals surface area contributed by atoms with Crippen LogP contribution in [-0.2, 0) is 0 Å². The van der Waals surface area contributed by atoms with Gasteiger partial charge in [-0.3, -0.25) is 9.59 Å². The number of benzene rings is 1. The lowest BCUT2D eigenvalue weighted by atomic mass is 10.2. The third-order valence-electron chi connectivity index (χ3n) is 2.37. The summed E-state index contributed by atoms with van der Waals surface area (Å²) in [6.45, 7) is 1.94. The number of anilines is 1. The molecule has 3 N–H and O–H groups in total. The summed E-state index contributed by atoms with van der Waals surface area (Å²) in [7, 11) is 0. The van der Waals surface area contributed by atoms with Gasteiger partial charge in [0.2, 0.25) is 5.91 Å². The molecular weight excluding hydrogens is 248 g/mol. The Morgan fingerprint density at radius 2 is 2.00 bits per heavy atom. The SMILES string of the molecule is Cc1ccc(C(=O)Nc2cccc(C(N)=O)c2)s1. The lowest BCUT2D eigenvalue weighted by Crippen LogP contribution is -2.13. The van der Waals surface area contributed by atoms with E-state index in [1.807, 2.05) is 13.0 Å². The molecule has 0 fully saturated rings. The molecule has 0 atom stereocenters. The molecule has 0 saturated heterocycles. The molecule has 1 aromatic heterocycles. The average Bonchev–Trinajstić information content (AvgIpc) is 2.76. The molecule has 2 aromatic rings. The van der Waals surface area contributed by atoms with Crippen molar-refractivity contribution in [3.05, 3.63) is 51.7 Å². The number of nitrogens with one attached hydrogen (secondary N) is 1. The van der Waals surface area contributed by atoms with Gasteiger partial charge in [0, 0.05) is 16.1 Å². The van der Waals surface area contributed by atoms with E-state index in [4.69, 9.17) is 5.73 Å². The highest BCUT2D eigenvalue weighted by molar-refractivity contribution is 7.14. The van der Waals surface area contributed by atoms with Crippen LogP contribution >= 0.6 is 11.3 Å². The van der Waals surface area contributed by atoms with Gasteiger partial charge >= 0.3 is 0 Å². The number of hydrogen-bond donors (Lipinski definition) is 2. The van der Waals surface area contributed by atoms with Crippen LogP contribution in [0.15, 0.2) is 36.4 Å². The molecular formula is C13H12N2O2S. The number of amides is 2. The van der Waals surface area contributed by atoms with E-state index < -0.39 is 5.91 Å². The van der Waals surface area contributed by atoms with Gasteiger partial charge in [-0.2, -0.15) is 0 Å². The molecule has 0 bridgehead atoms. The fraction of sp³-hybridized carbons (Fsp3) is 0.0769. The number of nitrogens with two attached hydrogens (primary N) is 1. The smallest absolute Gasteiger partial charge is 0.265 e. The van der Waals surface area contributed by atoms with E-state index in [2.05, 4.69) is 5.32 Å². The van der Waals surface area contributed by atoms with Crippen LogP contribution in [0.3, 0.4) is 0 Å². The zero-order chi connectivity index (χ0) is 13.1. The first-order valence-electron chi connectivity index (χ1n) is 5.34. The molecule has 0 aliphatic heterocycles. The van der Waals surface area contributed by atoms with Crippen LogP contribution in [0.5, 0.6) is 0 Å². The Hall–Kier alpha value is -2.14. The number of rotatable bonds is 3. The van der Waals surface area contributed by atoms with Crippen molar-refractivity contribution in [2.45, 2.75) is 6.92 Å². The van der Waals surface area contributed by atoms with E-state index in [9.17, 15) is 9.59 Å². The molecule has 2 rings (SSSR count). The van der Waals surface area contributed by atoms with E-state index >= 15 is 0 Å². The zero-order valence-electron chi connectivity index (χ0n) is 9.77. The Morgan fingerprint density at radius 1 is 1.22 bits per heavy atom. The van der Waals surface area contributed by atoms with Crippen molar-refractivity contribution in [3.63, 3.8) is 0 Å². The van der Waals surface area contributed by atoms with Crippen LogP contribution in [-0.4, -0.2) is 11.8 Å². The van der Waals surface area contributed by atoms with Gasteiger partial charge in [0.05, 0.1) is 4.88 Å². The van der Waals surface area contributed by atoms with Gasteiger partial charge in [-0.25, -0.2) is 0 Å². The van der Waals surface area contributed by atoms with Gasteiger partial charge in [-0.1, -0.05) is 6.07 Å². The highest BCUT2D eigenvalue weighted by Crippen LogP contribution is 2.17. The van der Waals surface area contributed by atoms with Crippen LogP contribution in [0.25, 0.3) is 0 Å². The minimum Gasteiger partial charge on any atom is -0.366 e. The van der Waals surface area contributed by atoms with Gasteiger partial charge in [0.25, 0.3) is 5.91 Å². The van der Waals surface area contributed by atoms with Gasteiger partial charge in [-0.15, -0.1) is 11.3 Å². The topological polar surface area (TPSA) is 72.2 Å². The van der Waals surface area contributed by atoms with E-state index in [-0.39, 0.29) is 5.91 Å². The number of carbonyl (C=O) groups is 2. The molecule has 92 valence electrons. The third-order valence-corrected chi connectivity index (χ3v) is 3.37. The maximum Gasteiger partial charge on any atom is 0.265 e. The fourth-order valence-corrected chi connectivity index (χ4v) is 2.26. The largest absolute Gasteiger partial charge is 0.366 e. The molecule has 0 aliphatic rings. The van der Waals surface area contributed by atoms with Crippen molar-refractivity contribution >= 4 is 28.8 Å². The molecule has 1 heterocycles. The van der Waals surface area contributed by atoms with E-state index in [0.717, 1.165) is 4.88 Å². The molecule has 0 unspecified atom stereocenters. The maximum atomic E-state index is 11.9. The highest BCUT2D eigenvalue weighted by atomic mass is 32.1. The Bertz CT molecular complexity index is 605. The standard InChI is InChI=1S/C13H12N2O2S/c1-8-5-6-11(18-8)13(17)15-10-4-2-3-9(7-10)12(14)16/h2-7H,1H3,(H2,14,16)(H,15,17). The summed E-state index contributed by atoms with van der Waals surface area (Å²) < 4.78 is 0. The summed E-state index contributed by atoms with van der Waals surface area (Å²) in [5.41, 5.74) is 6.11. The first-order chi connectivity index (χ1) is 8.56. The summed E-state index contributed by atoms with van der Waals surface area (Å²) in [5.74, 6) is -0.701. The van der Waals surface area contributed by atoms with Crippen molar-refractivity contribution in [2.75, 3.05) is 5.32 Å². The summed E-state index contributed by atoms with van der Waals surface area (Å²) in [6.07, 6.45) is 0. The first-order valence-corrected chi connectivity index (χ1v) is 6.15. The van der Waals surface area contributed by atoms with E-state index in [1.165, 1.54) is 11.3 Å². The Kier molecular flexibility index (Phi) is 3.43. The summed E-state index contributed by atoms with van der Waals surface area (Å²) in [4.78, 5) is 24.6. The number of carbonyl (C=O) groups excluding carboxylic acids is 2. The lowest BCUT2D eigenvalue weighted by Gasteiger charge is -2.04. The molecule has 0 radical (unpaired) electrons. The number of thiophene rings is 1. The second-order valence-electron chi connectivity index (χ2n) is 3.81. The molecule has 0 saturated carbocycles. The first kappa shape index (κ1) is 12.3. The molecule has 4 nitrogen and oxygen atoms in total. The van der Waals surface area contributed by atoms with Gasteiger partial charge < -0.3 is 11.1 Å². The summed E-state index contributed by atoms with van der Waals surface area (Å²) in [6, 6.07) is 10.2. The minimum atomic E-state index is -0.516. The van der Waals surface area contributed by atoms with Gasteiger partial charge in [0.15, 0.2) is 0 Å². The van der Waals surface area contributed by atoms with Crippen molar-refractivity contribution in [3.8, 4) is 0 Å². The Morgan fingerprint density at radius 3 is 2.61 bits per heavy atom. The fourth-order valence-electron chi connectivity index (χ4n) is 1.50. The molecule has 5 heteroatoms. The number of primary amides is 1. The minimum absolute atomic E-state index is 0.185.